The van der Waals surface area contributed by atoms with Crippen molar-refractivity contribution in [2.24, 2.45) is 11.7 Å². The molecule has 3 atom stereocenters. The molecule has 2 heterocycles. The average Bonchev–Trinajstić information content (AvgIpc) is 2.89. The third-order valence-corrected chi connectivity index (χ3v) is 6.39. The molecule has 0 saturated carbocycles. The molecule has 1 aliphatic heterocycles. The van der Waals surface area contributed by atoms with Gasteiger partial charge < -0.3 is 16.4 Å². The predicted molar refractivity (Wildman–Crippen MR) is 142 cm³/mol. The Morgan fingerprint density at radius 1 is 1.16 bits per heavy atom. The summed E-state index contributed by atoms with van der Waals surface area (Å²) in [7, 11) is 0. The summed E-state index contributed by atoms with van der Waals surface area (Å²) in [5.41, 5.74) is 10.0. The first kappa shape index (κ1) is 27.8. The van der Waals surface area contributed by atoms with Gasteiger partial charge in [-0.2, -0.15) is 0 Å². The molecule has 0 radical (unpaired) electrons. The molecular formula is C27H36N6O4. The molecule has 1 aromatic heterocycles. The Morgan fingerprint density at radius 2 is 1.92 bits per heavy atom. The average molecular weight is 509 g/mol. The summed E-state index contributed by atoms with van der Waals surface area (Å²) < 4.78 is 0. The first-order valence-corrected chi connectivity index (χ1v) is 12.6. The molecule has 0 spiro atoms. The van der Waals surface area contributed by atoms with Gasteiger partial charge in [0.1, 0.15) is 18.1 Å². The van der Waals surface area contributed by atoms with Gasteiger partial charge in [0.05, 0.1) is 5.69 Å². The highest BCUT2D eigenvalue weighted by Crippen LogP contribution is 2.17. The van der Waals surface area contributed by atoms with E-state index in [1.54, 1.807) is 33.0 Å². The van der Waals surface area contributed by atoms with E-state index < -0.39 is 35.8 Å². The second-order valence-electron chi connectivity index (χ2n) is 9.65. The van der Waals surface area contributed by atoms with Crippen molar-refractivity contribution < 1.29 is 19.2 Å². The molecule has 10 nitrogen and oxygen atoms in total. The normalized spacial score (nSPS) is 17.5. The molecule has 2 aromatic rings. The summed E-state index contributed by atoms with van der Waals surface area (Å²) in [5.74, 6) is -2.06. The molecule has 1 saturated heterocycles. The summed E-state index contributed by atoms with van der Waals surface area (Å²) in [4.78, 5) is 54.2. The lowest BCUT2D eigenvalue weighted by atomic mass is 10.0. The molecule has 4 amide bonds. The zero-order chi connectivity index (χ0) is 27.1. The van der Waals surface area contributed by atoms with Crippen LogP contribution in [0.15, 0.2) is 36.5 Å². The van der Waals surface area contributed by atoms with E-state index in [4.69, 9.17) is 5.73 Å². The highest BCUT2D eigenvalue weighted by atomic mass is 16.2. The minimum absolute atomic E-state index is 0.224. The second-order valence-corrected chi connectivity index (χ2v) is 9.65. The molecule has 1 unspecified atom stereocenters. The number of fused-ring (bicyclic) bond motifs is 1. The van der Waals surface area contributed by atoms with Crippen molar-refractivity contribution in [3.05, 3.63) is 47.8 Å². The zero-order valence-corrected chi connectivity index (χ0v) is 21.8. The Kier molecular flexibility index (Phi) is 9.35. The van der Waals surface area contributed by atoms with Crippen molar-refractivity contribution in [2.45, 2.75) is 65.1 Å². The van der Waals surface area contributed by atoms with Gasteiger partial charge in [-0.1, -0.05) is 39.0 Å². The number of pyridine rings is 1. The molecular weight excluding hydrogens is 472 g/mol. The van der Waals surface area contributed by atoms with Gasteiger partial charge in [-0.3, -0.25) is 29.2 Å². The number of nitrogens with zero attached hydrogens (tertiary/aromatic N) is 2. The molecule has 5 N–H and O–H groups in total. The fourth-order valence-corrected chi connectivity index (χ4v) is 4.17. The van der Waals surface area contributed by atoms with Crippen molar-refractivity contribution in [1.82, 2.24) is 26.1 Å². The van der Waals surface area contributed by atoms with Crippen LogP contribution in [-0.4, -0.2) is 58.3 Å². The van der Waals surface area contributed by atoms with E-state index in [2.05, 4.69) is 40.1 Å². The third-order valence-electron chi connectivity index (χ3n) is 6.39. The number of aryl methyl sites for hydroxylation is 1. The molecule has 10 heteroatoms. The molecule has 1 aromatic carbocycles. The van der Waals surface area contributed by atoms with Crippen LogP contribution >= 0.6 is 0 Å². The summed E-state index contributed by atoms with van der Waals surface area (Å²) in [6.07, 6.45) is 6.80. The summed E-state index contributed by atoms with van der Waals surface area (Å²) >= 11 is 0. The SMILES string of the molecule is CCc1ccc2cnc(/C=C\C(=O)NC(C(=O)N[C@@H](C)C(=O)N3CCC[C@@H](C(N)=O)N3)C(C)C)cc2c1. The van der Waals surface area contributed by atoms with Gasteiger partial charge >= 0.3 is 0 Å². The van der Waals surface area contributed by atoms with Crippen LogP contribution in [0.1, 0.15) is 51.8 Å². The maximum Gasteiger partial charge on any atom is 0.258 e. The lowest BCUT2D eigenvalue weighted by Crippen LogP contribution is -2.61. The Balaban J connectivity index is 1.61. The van der Waals surface area contributed by atoms with Crippen LogP contribution in [-0.2, 0) is 25.6 Å². The van der Waals surface area contributed by atoms with Crippen LogP contribution in [0, 0.1) is 5.92 Å². The number of aromatic nitrogens is 1. The van der Waals surface area contributed by atoms with Crippen LogP contribution in [0.4, 0.5) is 0 Å². The number of carbonyl (C=O) groups is 4. The van der Waals surface area contributed by atoms with E-state index in [1.807, 2.05) is 12.1 Å². The van der Waals surface area contributed by atoms with E-state index in [0.717, 1.165) is 17.2 Å². The van der Waals surface area contributed by atoms with Crippen molar-refractivity contribution in [2.75, 3.05) is 6.54 Å². The van der Waals surface area contributed by atoms with Crippen LogP contribution in [0.25, 0.3) is 16.8 Å². The summed E-state index contributed by atoms with van der Waals surface area (Å²) in [5, 5.41) is 8.77. The Bertz CT molecular complexity index is 1190. The number of hydrogen-bond donors (Lipinski definition) is 4. The van der Waals surface area contributed by atoms with E-state index in [0.29, 0.717) is 25.1 Å². The first-order chi connectivity index (χ1) is 17.6. The second kappa shape index (κ2) is 12.4. The standard InChI is InChI=1S/C27H36N6O4/c1-5-18-8-9-19-15-29-21(14-20(19)13-18)10-11-23(34)31-24(16(2)3)26(36)30-17(4)27(37)33-12-6-7-22(32-33)25(28)35/h8-11,13-17,22,24,32H,5-7,12H2,1-4H3,(H2,28,35)(H,30,36)(H,31,34)/b11-10-/t17-,22-,24?/m0/s1. The molecule has 198 valence electrons. The number of nitrogens with two attached hydrogens (primary N) is 1. The van der Waals surface area contributed by atoms with Crippen LogP contribution in [0.5, 0.6) is 0 Å². The quantitative estimate of drug-likeness (QED) is 0.377. The molecule has 1 aliphatic rings. The van der Waals surface area contributed by atoms with Gasteiger partial charge in [0.2, 0.25) is 17.7 Å². The van der Waals surface area contributed by atoms with Gasteiger partial charge in [-0.25, -0.2) is 5.43 Å². The number of hydrazine groups is 1. The number of amides is 4. The maximum atomic E-state index is 12.9. The maximum absolute atomic E-state index is 12.9. The van der Waals surface area contributed by atoms with Crippen molar-refractivity contribution in [3.8, 4) is 0 Å². The Labute approximate surface area is 217 Å². The minimum atomic E-state index is -0.866. The number of benzene rings is 1. The van der Waals surface area contributed by atoms with Gasteiger partial charge in [-0.05, 0) is 55.2 Å². The number of primary amides is 1. The number of hydrogen-bond acceptors (Lipinski definition) is 6. The molecule has 3 rings (SSSR count). The summed E-state index contributed by atoms with van der Waals surface area (Å²) in [6, 6.07) is 5.77. The van der Waals surface area contributed by atoms with Gasteiger partial charge in [0.25, 0.3) is 5.91 Å². The molecule has 0 aliphatic carbocycles. The highest BCUT2D eigenvalue weighted by Gasteiger charge is 2.31. The Hall–Kier alpha value is -3.79. The third kappa shape index (κ3) is 7.36. The van der Waals surface area contributed by atoms with E-state index in [9.17, 15) is 19.2 Å². The smallest absolute Gasteiger partial charge is 0.258 e. The Morgan fingerprint density at radius 3 is 2.59 bits per heavy atom. The van der Waals surface area contributed by atoms with Crippen LogP contribution in [0.2, 0.25) is 0 Å². The van der Waals surface area contributed by atoms with Crippen molar-refractivity contribution >= 4 is 40.5 Å². The topological polar surface area (TPSA) is 147 Å². The van der Waals surface area contributed by atoms with Gasteiger partial charge in [-0.15, -0.1) is 0 Å². The number of rotatable bonds is 9. The minimum Gasteiger partial charge on any atom is -0.368 e. The molecule has 37 heavy (non-hydrogen) atoms. The van der Waals surface area contributed by atoms with Gasteiger partial charge in [0, 0.05) is 24.2 Å². The fraction of sp³-hybridized carbons (Fsp3) is 0.444. The molecule has 1 fully saturated rings. The zero-order valence-electron chi connectivity index (χ0n) is 21.8. The predicted octanol–water partition coefficient (Wildman–Crippen LogP) is 1.44. The monoisotopic (exact) mass is 508 g/mol. The largest absolute Gasteiger partial charge is 0.368 e. The lowest BCUT2D eigenvalue weighted by Gasteiger charge is -2.34. The first-order valence-electron chi connectivity index (χ1n) is 12.6. The lowest BCUT2D eigenvalue weighted by molar-refractivity contribution is -0.142. The van der Waals surface area contributed by atoms with Crippen LogP contribution in [0.3, 0.4) is 0 Å². The van der Waals surface area contributed by atoms with Crippen LogP contribution < -0.4 is 21.8 Å². The van der Waals surface area contributed by atoms with E-state index in [-0.39, 0.29) is 11.8 Å². The number of carbonyl (C=O) groups excluding carboxylic acids is 4. The fourth-order valence-electron chi connectivity index (χ4n) is 4.17. The van der Waals surface area contributed by atoms with Crippen molar-refractivity contribution in [3.63, 3.8) is 0 Å². The number of nitrogens with one attached hydrogen (secondary N) is 3. The van der Waals surface area contributed by atoms with E-state index >= 15 is 0 Å². The van der Waals surface area contributed by atoms with Gasteiger partial charge in [0.15, 0.2) is 0 Å². The highest BCUT2D eigenvalue weighted by molar-refractivity contribution is 5.97. The van der Waals surface area contributed by atoms with Crippen molar-refractivity contribution in [1.29, 1.82) is 0 Å². The molecule has 0 bridgehead atoms. The summed E-state index contributed by atoms with van der Waals surface area (Å²) in [6.45, 7) is 7.67. The van der Waals surface area contributed by atoms with E-state index in [1.165, 1.54) is 16.6 Å².